The fourth-order valence-electron chi connectivity index (χ4n) is 2.14. The normalized spacial score (nSPS) is 11.8. The van der Waals surface area contributed by atoms with Gasteiger partial charge in [0.2, 0.25) is 0 Å². The van der Waals surface area contributed by atoms with Gasteiger partial charge >= 0.3 is 0 Å². The molecule has 0 bridgehead atoms. The molecule has 2 aromatic carbocycles. The van der Waals surface area contributed by atoms with Crippen molar-refractivity contribution in [3.05, 3.63) is 64.7 Å². The van der Waals surface area contributed by atoms with Crippen molar-refractivity contribution in [3.63, 3.8) is 0 Å². The third-order valence-corrected chi connectivity index (χ3v) is 3.76. The average Bonchev–Trinajstić information content (AvgIpc) is 2.52. The van der Waals surface area contributed by atoms with Gasteiger partial charge in [0.15, 0.2) is 0 Å². The van der Waals surface area contributed by atoms with E-state index in [0.29, 0.717) is 16.3 Å². The molecule has 0 aliphatic rings. The zero-order valence-corrected chi connectivity index (χ0v) is 13.1. The summed E-state index contributed by atoms with van der Waals surface area (Å²) in [6.07, 6.45) is 0. The number of amides is 1. The highest BCUT2D eigenvalue weighted by Crippen LogP contribution is 2.25. The molecule has 0 aliphatic heterocycles. The van der Waals surface area contributed by atoms with E-state index >= 15 is 0 Å². The molecular weight excluding hydrogens is 286 g/mol. The van der Waals surface area contributed by atoms with Gasteiger partial charge in [-0.3, -0.25) is 4.79 Å². The predicted molar refractivity (Wildman–Crippen MR) is 85.0 cm³/mol. The Labute approximate surface area is 130 Å². The van der Waals surface area contributed by atoms with E-state index in [2.05, 4.69) is 0 Å². The Balaban J connectivity index is 2.25. The van der Waals surface area contributed by atoms with E-state index in [1.807, 2.05) is 37.3 Å². The van der Waals surface area contributed by atoms with Crippen LogP contribution in [0.15, 0.2) is 48.5 Å². The Morgan fingerprint density at radius 1 is 1.19 bits per heavy atom. The first-order valence-corrected chi connectivity index (χ1v) is 7.07. The van der Waals surface area contributed by atoms with Crippen molar-refractivity contribution in [2.75, 3.05) is 14.2 Å². The summed E-state index contributed by atoms with van der Waals surface area (Å²) in [6.45, 7) is 2.00. The number of hydrogen-bond acceptors (Lipinski definition) is 2. The molecule has 0 spiro atoms. The summed E-state index contributed by atoms with van der Waals surface area (Å²) < 4.78 is 5.16. The number of nitrogens with zero attached hydrogens (tertiary/aromatic N) is 1. The second kappa shape index (κ2) is 6.64. The van der Waals surface area contributed by atoms with Gasteiger partial charge < -0.3 is 9.64 Å². The third-order valence-electron chi connectivity index (χ3n) is 3.54. The van der Waals surface area contributed by atoms with Crippen LogP contribution in [0.4, 0.5) is 0 Å². The molecular formula is C17H18ClNO2. The van der Waals surface area contributed by atoms with E-state index in [-0.39, 0.29) is 11.9 Å². The number of hydrogen-bond donors (Lipinski definition) is 0. The van der Waals surface area contributed by atoms with Crippen LogP contribution >= 0.6 is 11.6 Å². The first kappa shape index (κ1) is 15.4. The first-order chi connectivity index (χ1) is 10.0. The van der Waals surface area contributed by atoms with Gasteiger partial charge in [-0.25, -0.2) is 0 Å². The minimum absolute atomic E-state index is 0.0244. The number of carbonyl (C=O) groups excluding carboxylic acids is 1. The maximum atomic E-state index is 12.6. The Bertz CT molecular complexity index is 628. The summed E-state index contributed by atoms with van der Waals surface area (Å²) in [5.74, 6) is 0.485. The predicted octanol–water partition coefficient (Wildman–Crippen LogP) is 4.18. The zero-order chi connectivity index (χ0) is 15.4. The molecule has 0 saturated carbocycles. The fourth-order valence-corrected chi connectivity index (χ4v) is 2.36. The first-order valence-electron chi connectivity index (χ1n) is 6.69. The van der Waals surface area contributed by atoms with E-state index in [0.717, 1.165) is 5.56 Å². The minimum Gasteiger partial charge on any atom is -0.497 e. The molecule has 2 rings (SSSR count). The van der Waals surface area contributed by atoms with Crippen molar-refractivity contribution < 1.29 is 9.53 Å². The molecule has 0 fully saturated rings. The summed E-state index contributed by atoms with van der Waals surface area (Å²) in [6, 6.07) is 14.9. The molecule has 0 heterocycles. The van der Waals surface area contributed by atoms with Crippen LogP contribution in [0.1, 0.15) is 28.9 Å². The second-order valence-corrected chi connectivity index (χ2v) is 5.32. The van der Waals surface area contributed by atoms with Gasteiger partial charge in [0.05, 0.1) is 13.2 Å². The van der Waals surface area contributed by atoms with E-state index < -0.39 is 0 Å². The van der Waals surface area contributed by atoms with E-state index in [9.17, 15) is 4.79 Å². The van der Waals surface area contributed by atoms with Crippen molar-refractivity contribution in [3.8, 4) is 5.75 Å². The number of methoxy groups -OCH3 is 1. The van der Waals surface area contributed by atoms with E-state index in [1.165, 1.54) is 0 Å². The monoisotopic (exact) mass is 303 g/mol. The smallest absolute Gasteiger partial charge is 0.254 e. The second-order valence-electron chi connectivity index (χ2n) is 4.88. The summed E-state index contributed by atoms with van der Waals surface area (Å²) in [7, 11) is 3.34. The summed E-state index contributed by atoms with van der Waals surface area (Å²) in [4.78, 5) is 14.3. The zero-order valence-electron chi connectivity index (χ0n) is 12.3. The molecule has 1 amide bonds. The van der Waals surface area contributed by atoms with Crippen molar-refractivity contribution in [2.45, 2.75) is 13.0 Å². The number of ether oxygens (including phenoxy) is 1. The number of carbonyl (C=O) groups is 1. The Kier molecular flexibility index (Phi) is 4.86. The lowest BCUT2D eigenvalue weighted by Crippen LogP contribution is -2.29. The van der Waals surface area contributed by atoms with Crippen LogP contribution < -0.4 is 4.74 Å². The van der Waals surface area contributed by atoms with E-state index in [1.54, 1.807) is 37.3 Å². The maximum absolute atomic E-state index is 12.6. The molecule has 0 aliphatic carbocycles. The Hall–Kier alpha value is -2.00. The van der Waals surface area contributed by atoms with Crippen LogP contribution in [0.2, 0.25) is 5.02 Å². The van der Waals surface area contributed by atoms with Gasteiger partial charge in [0.25, 0.3) is 5.91 Å². The van der Waals surface area contributed by atoms with Crippen molar-refractivity contribution in [1.29, 1.82) is 0 Å². The molecule has 0 unspecified atom stereocenters. The molecule has 3 nitrogen and oxygen atoms in total. The molecule has 0 N–H and O–H groups in total. The standard InChI is InChI=1S/C17H18ClNO2/c1-12(13-7-5-4-6-8-13)19(2)17(20)14-9-15(18)11-16(10-14)21-3/h4-12H,1-3H3/t12-/m0/s1. The maximum Gasteiger partial charge on any atom is 0.254 e. The van der Waals surface area contributed by atoms with Crippen molar-refractivity contribution >= 4 is 17.5 Å². The van der Waals surface area contributed by atoms with Crippen LogP contribution in [-0.4, -0.2) is 25.0 Å². The molecule has 110 valence electrons. The topological polar surface area (TPSA) is 29.5 Å². The quantitative estimate of drug-likeness (QED) is 0.848. The fraction of sp³-hybridized carbons (Fsp3) is 0.235. The van der Waals surface area contributed by atoms with Crippen molar-refractivity contribution in [1.82, 2.24) is 4.90 Å². The summed E-state index contributed by atoms with van der Waals surface area (Å²) >= 11 is 6.02. The largest absolute Gasteiger partial charge is 0.497 e. The Morgan fingerprint density at radius 3 is 2.48 bits per heavy atom. The highest BCUT2D eigenvalue weighted by Gasteiger charge is 2.19. The SMILES string of the molecule is COc1cc(Cl)cc(C(=O)N(C)[C@@H](C)c2ccccc2)c1. The van der Waals surface area contributed by atoms with Gasteiger partial charge in [-0.1, -0.05) is 41.9 Å². The molecule has 0 saturated heterocycles. The van der Waals surface area contributed by atoms with Gasteiger partial charge in [-0.15, -0.1) is 0 Å². The highest BCUT2D eigenvalue weighted by molar-refractivity contribution is 6.31. The summed E-state index contributed by atoms with van der Waals surface area (Å²) in [5, 5.41) is 0.485. The van der Waals surface area contributed by atoms with Crippen LogP contribution in [0.5, 0.6) is 5.75 Å². The number of benzene rings is 2. The molecule has 21 heavy (non-hydrogen) atoms. The van der Waals surface area contributed by atoms with Crippen LogP contribution in [0.25, 0.3) is 0 Å². The number of rotatable bonds is 4. The van der Waals surface area contributed by atoms with Crippen LogP contribution in [0.3, 0.4) is 0 Å². The lowest BCUT2D eigenvalue weighted by molar-refractivity contribution is 0.0742. The van der Waals surface area contributed by atoms with Crippen LogP contribution in [-0.2, 0) is 0 Å². The summed E-state index contributed by atoms with van der Waals surface area (Å²) in [5.41, 5.74) is 1.60. The molecule has 2 aromatic rings. The van der Waals surface area contributed by atoms with Crippen molar-refractivity contribution in [2.24, 2.45) is 0 Å². The molecule has 1 atom stereocenters. The van der Waals surface area contributed by atoms with Gasteiger partial charge in [0, 0.05) is 17.6 Å². The van der Waals surface area contributed by atoms with E-state index in [4.69, 9.17) is 16.3 Å². The van der Waals surface area contributed by atoms with Crippen LogP contribution in [0, 0.1) is 0 Å². The molecule has 4 heteroatoms. The molecule has 0 radical (unpaired) electrons. The average molecular weight is 304 g/mol. The van der Waals surface area contributed by atoms with Gasteiger partial charge in [-0.2, -0.15) is 0 Å². The number of halogens is 1. The Morgan fingerprint density at radius 2 is 1.86 bits per heavy atom. The highest BCUT2D eigenvalue weighted by atomic mass is 35.5. The van der Waals surface area contributed by atoms with Gasteiger partial charge in [0.1, 0.15) is 5.75 Å². The van der Waals surface area contributed by atoms with Gasteiger partial charge in [-0.05, 0) is 30.7 Å². The minimum atomic E-state index is -0.0906. The lowest BCUT2D eigenvalue weighted by atomic mass is 10.1. The third kappa shape index (κ3) is 3.56. The molecule has 0 aromatic heterocycles. The lowest BCUT2D eigenvalue weighted by Gasteiger charge is -2.25.